The predicted octanol–water partition coefficient (Wildman–Crippen LogP) is 5.32. The van der Waals surface area contributed by atoms with E-state index in [2.05, 4.69) is 71.4 Å². The van der Waals surface area contributed by atoms with Crippen LogP contribution in [0.5, 0.6) is 0 Å². The molecule has 0 aliphatic rings. The quantitative estimate of drug-likeness (QED) is 0.531. The van der Waals surface area contributed by atoms with Gasteiger partial charge in [0.05, 0.1) is 0 Å². The van der Waals surface area contributed by atoms with E-state index in [0.29, 0.717) is 0 Å². The number of aryl methyl sites for hydroxylation is 1. The van der Waals surface area contributed by atoms with Crippen molar-refractivity contribution in [2.24, 2.45) is 0 Å². The van der Waals surface area contributed by atoms with E-state index in [1.807, 2.05) is 0 Å². The number of rotatable bonds is 1. The van der Waals surface area contributed by atoms with E-state index in [1.165, 1.54) is 31.6 Å². The Morgan fingerprint density at radius 3 is 2.47 bits per heavy atom. The molecular formula is C16H13Br. The molecule has 0 amide bonds. The Morgan fingerprint density at radius 1 is 0.882 bits per heavy atom. The molecule has 0 fully saturated rings. The fourth-order valence-corrected chi connectivity index (χ4v) is 2.98. The van der Waals surface area contributed by atoms with Crippen LogP contribution in [-0.4, -0.2) is 0 Å². The molecule has 3 aromatic rings. The third kappa shape index (κ3) is 1.75. The Labute approximate surface area is 109 Å². The number of benzene rings is 3. The molecule has 0 saturated heterocycles. The van der Waals surface area contributed by atoms with E-state index >= 15 is 0 Å². The summed E-state index contributed by atoms with van der Waals surface area (Å²) in [6.07, 6.45) is 1.08. The van der Waals surface area contributed by atoms with Crippen molar-refractivity contribution in [3.8, 4) is 0 Å². The topological polar surface area (TPSA) is 0 Å². The Bertz CT molecular complexity index is 698. The first-order chi connectivity index (χ1) is 8.29. The number of halogens is 1. The summed E-state index contributed by atoms with van der Waals surface area (Å²) in [5, 5.41) is 5.18. The maximum atomic E-state index is 3.75. The second kappa shape index (κ2) is 4.15. The molecule has 0 saturated carbocycles. The van der Waals surface area contributed by atoms with Crippen molar-refractivity contribution >= 4 is 37.5 Å². The summed E-state index contributed by atoms with van der Waals surface area (Å²) in [6.45, 7) is 2.19. The number of fused-ring (bicyclic) bond motifs is 2. The van der Waals surface area contributed by atoms with Crippen molar-refractivity contribution in [3.05, 3.63) is 58.6 Å². The van der Waals surface area contributed by atoms with E-state index in [-0.39, 0.29) is 0 Å². The zero-order valence-electron chi connectivity index (χ0n) is 9.70. The standard InChI is InChI=1S/C16H13Br/c1-2-11-7-8-13-10-12-5-3-4-6-14(12)16(17)15(13)9-11/h3-10H,2H2,1H3. The summed E-state index contributed by atoms with van der Waals surface area (Å²) in [7, 11) is 0. The van der Waals surface area contributed by atoms with Crippen molar-refractivity contribution in [2.45, 2.75) is 13.3 Å². The van der Waals surface area contributed by atoms with Crippen molar-refractivity contribution < 1.29 is 0 Å². The average Bonchev–Trinajstić information content (AvgIpc) is 2.39. The maximum Gasteiger partial charge on any atom is 0.0332 e. The van der Waals surface area contributed by atoms with Crippen LogP contribution in [0.3, 0.4) is 0 Å². The van der Waals surface area contributed by atoms with E-state index in [9.17, 15) is 0 Å². The first-order valence-corrected chi connectivity index (χ1v) is 6.69. The lowest BCUT2D eigenvalue weighted by Gasteiger charge is -2.07. The summed E-state index contributed by atoms with van der Waals surface area (Å²) >= 11 is 3.75. The van der Waals surface area contributed by atoms with Gasteiger partial charge in [0, 0.05) is 4.47 Å². The summed E-state index contributed by atoms with van der Waals surface area (Å²) in [4.78, 5) is 0. The van der Waals surface area contributed by atoms with E-state index in [1.54, 1.807) is 0 Å². The number of hydrogen-bond donors (Lipinski definition) is 0. The van der Waals surface area contributed by atoms with Gasteiger partial charge in [-0.25, -0.2) is 0 Å². The lowest BCUT2D eigenvalue weighted by Crippen LogP contribution is -1.83. The van der Waals surface area contributed by atoms with Crippen LogP contribution >= 0.6 is 15.9 Å². The second-order valence-corrected chi connectivity index (χ2v) is 5.11. The normalized spacial score (nSPS) is 11.2. The highest BCUT2D eigenvalue weighted by atomic mass is 79.9. The SMILES string of the molecule is CCc1ccc2cc3ccccc3c(Br)c2c1. The molecule has 0 unspecified atom stereocenters. The van der Waals surface area contributed by atoms with Gasteiger partial charge in [0.25, 0.3) is 0 Å². The highest BCUT2D eigenvalue weighted by Gasteiger charge is 2.05. The van der Waals surface area contributed by atoms with Crippen molar-refractivity contribution in [1.29, 1.82) is 0 Å². The smallest absolute Gasteiger partial charge is 0.0332 e. The molecular weight excluding hydrogens is 272 g/mol. The van der Waals surface area contributed by atoms with Gasteiger partial charge in [-0.1, -0.05) is 49.4 Å². The van der Waals surface area contributed by atoms with Gasteiger partial charge in [0.15, 0.2) is 0 Å². The molecule has 0 N–H and O–H groups in total. The fourth-order valence-electron chi connectivity index (χ4n) is 2.27. The van der Waals surface area contributed by atoms with Crippen LogP contribution in [0.15, 0.2) is 53.0 Å². The summed E-state index contributed by atoms with van der Waals surface area (Å²) in [5.74, 6) is 0. The first-order valence-electron chi connectivity index (χ1n) is 5.89. The largest absolute Gasteiger partial charge is 0.0616 e. The minimum absolute atomic E-state index is 1.08. The van der Waals surface area contributed by atoms with Crippen LogP contribution in [-0.2, 0) is 6.42 Å². The first kappa shape index (κ1) is 10.8. The molecule has 0 atom stereocenters. The molecule has 17 heavy (non-hydrogen) atoms. The van der Waals surface area contributed by atoms with E-state index in [4.69, 9.17) is 0 Å². The minimum Gasteiger partial charge on any atom is -0.0616 e. The van der Waals surface area contributed by atoms with Crippen LogP contribution in [0, 0.1) is 0 Å². The van der Waals surface area contributed by atoms with Crippen LogP contribution in [0.4, 0.5) is 0 Å². The molecule has 0 heterocycles. The molecule has 0 aliphatic heterocycles. The van der Waals surface area contributed by atoms with Crippen LogP contribution in [0.25, 0.3) is 21.5 Å². The van der Waals surface area contributed by atoms with E-state index < -0.39 is 0 Å². The molecule has 3 aromatic carbocycles. The molecule has 0 bridgehead atoms. The Hall–Kier alpha value is -1.34. The minimum atomic E-state index is 1.08. The molecule has 0 nitrogen and oxygen atoms in total. The maximum absolute atomic E-state index is 3.75. The summed E-state index contributed by atoms with van der Waals surface area (Å²) < 4.78 is 1.21. The predicted molar refractivity (Wildman–Crippen MR) is 78.5 cm³/mol. The van der Waals surface area contributed by atoms with Gasteiger partial charge < -0.3 is 0 Å². The molecule has 0 spiro atoms. The molecule has 0 aromatic heterocycles. The monoisotopic (exact) mass is 284 g/mol. The van der Waals surface area contributed by atoms with Gasteiger partial charge in [-0.3, -0.25) is 0 Å². The molecule has 1 heteroatoms. The van der Waals surface area contributed by atoms with Crippen molar-refractivity contribution in [3.63, 3.8) is 0 Å². The van der Waals surface area contributed by atoms with Crippen molar-refractivity contribution in [2.75, 3.05) is 0 Å². The lowest BCUT2D eigenvalue weighted by atomic mass is 10.0. The van der Waals surface area contributed by atoms with Gasteiger partial charge >= 0.3 is 0 Å². The van der Waals surface area contributed by atoms with Crippen LogP contribution in [0.1, 0.15) is 12.5 Å². The highest BCUT2D eigenvalue weighted by Crippen LogP contribution is 2.33. The third-order valence-corrected chi connectivity index (χ3v) is 4.13. The highest BCUT2D eigenvalue weighted by molar-refractivity contribution is 9.10. The Morgan fingerprint density at radius 2 is 1.65 bits per heavy atom. The summed E-state index contributed by atoms with van der Waals surface area (Å²) in [5.41, 5.74) is 1.38. The molecule has 0 radical (unpaired) electrons. The molecule has 3 rings (SSSR count). The van der Waals surface area contributed by atoms with Crippen molar-refractivity contribution in [1.82, 2.24) is 0 Å². The van der Waals surface area contributed by atoms with Gasteiger partial charge in [0.2, 0.25) is 0 Å². The Balaban J connectivity index is 2.46. The fraction of sp³-hybridized carbons (Fsp3) is 0.125. The lowest BCUT2D eigenvalue weighted by molar-refractivity contribution is 1.15. The summed E-state index contributed by atoms with van der Waals surface area (Å²) in [6, 6.07) is 17.5. The zero-order valence-corrected chi connectivity index (χ0v) is 11.3. The third-order valence-electron chi connectivity index (χ3n) is 3.27. The van der Waals surface area contributed by atoms with Gasteiger partial charge in [-0.2, -0.15) is 0 Å². The molecule has 0 aliphatic carbocycles. The van der Waals surface area contributed by atoms with Crippen LogP contribution in [0.2, 0.25) is 0 Å². The second-order valence-electron chi connectivity index (χ2n) is 4.32. The number of hydrogen-bond acceptors (Lipinski definition) is 0. The van der Waals surface area contributed by atoms with Gasteiger partial charge in [-0.05, 0) is 55.5 Å². The van der Waals surface area contributed by atoms with Gasteiger partial charge in [0.1, 0.15) is 0 Å². The zero-order chi connectivity index (χ0) is 11.8. The average molecular weight is 285 g/mol. The van der Waals surface area contributed by atoms with E-state index in [0.717, 1.165) is 6.42 Å². The van der Waals surface area contributed by atoms with Gasteiger partial charge in [-0.15, -0.1) is 0 Å². The molecule has 84 valence electrons. The Kier molecular flexibility index (Phi) is 2.64. The van der Waals surface area contributed by atoms with Crippen LogP contribution < -0.4 is 0 Å².